The Morgan fingerprint density at radius 3 is 2.71 bits per heavy atom. The summed E-state index contributed by atoms with van der Waals surface area (Å²) in [5.74, 6) is 0.664. The van der Waals surface area contributed by atoms with Crippen molar-refractivity contribution in [2.75, 3.05) is 18.6 Å². The van der Waals surface area contributed by atoms with Crippen molar-refractivity contribution in [3.8, 4) is 5.75 Å². The molecule has 0 spiro atoms. The lowest BCUT2D eigenvalue weighted by molar-refractivity contribution is 0.163. The Bertz CT molecular complexity index is 904. The van der Waals surface area contributed by atoms with Crippen LogP contribution in [0.4, 0.5) is 10.5 Å². The molecular formula is C23H28N2O3. The highest BCUT2D eigenvalue weighted by atomic mass is 16.5. The molecule has 2 aromatic carbocycles. The predicted octanol–water partition coefficient (Wildman–Crippen LogP) is 4.62. The maximum Gasteiger partial charge on any atom is 0.322 e. The van der Waals surface area contributed by atoms with Crippen LogP contribution in [0.15, 0.2) is 49.0 Å². The van der Waals surface area contributed by atoms with E-state index in [1.54, 1.807) is 24.1 Å². The molecule has 1 atom stereocenters. The van der Waals surface area contributed by atoms with Gasteiger partial charge < -0.3 is 15.2 Å². The molecule has 0 fully saturated rings. The molecule has 2 aromatic rings. The first kappa shape index (κ1) is 20.0. The van der Waals surface area contributed by atoms with Gasteiger partial charge in [0.1, 0.15) is 5.75 Å². The van der Waals surface area contributed by atoms with Gasteiger partial charge in [0.15, 0.2) is 0 Å². The molecule has 1 aliphatic heterocycles. The molecule has 148 valence electrons. The molecule has 0 aliphatic carbocycles. The largest absolute Gasteiger partial charge is 0.497 e. The minimum atomic E-state index is -0.602. The van der Waals surface area contributed by atoms with Crippen molar-refractivity contribution in [3.05, 3.63) is 65.7 Å². The number of carbonyl (C=O) groups excluding carboxylic acids is 1. The number of hydrogen-bond donors (Lipinski definition) is 2. The standard InChI is InChI=1S/C23H28N2O3/c1-15(2)16-7-6-8-17(13-16)23(3,4)24-22(27)25-12-11-21(26)19-14-18(28-5)9-10-20(19)25/h6-10,13-14,21,26H,1,11-12H2,2-5H3,(H,24,27). The van der Waals surface area contributed by atoms with Gasteiger partial charge in [-0.3, -0.25) is 4.90 Å². The van der Waals surface area contributed by atoms with Crippen molar-refractivity contribution >= 4 is 17.3 Å². The molecule has 5 heteroatoms. The highest BCUT2D eigenvalue weighted by Crippen LogP contribution is 2.36. The monoisotopic (exact) mass is 380 g/mol. The van der Waals surface area contributed by atoms with Gasteiger partial charge in [0.25, 0.3) is 0 Å². The van der Waals surface area contributed by atoms with E-state index in [-0.39, 0.29) is 6.03 Å². The molecule has 0 radical (unpaired) electrons. The Balaban J connectivity index is 1.86. The van der Waals surface area contributed by atoms with Crippen LogP contribution in [0.3, 0.4) is 0 Å². The molecule has 28 heavy (non-hydrogen) atoms. The molecule has 5 nitrogen and oxygen atoms in total. The Morgan fingerprint density at radius 1 is 1.29 bits per heavy atom. The van der Waals surface area contributed by atoms with Gasteiger partial charge in [-0.2, -0.15) is 0 Å². The van der Waals surface area contributed by atoms with Crippen LogP contribution in [0.1, 0.15) is 50.0 Å². The Morgan fingerprint density at radius 2 is 2.04 bits per heavy atom. The summed E-state index contributed by atoms with van der Waals surface area (Å²) in [5.41, 5.74) is 3.90. The minimum absolute atomic E-state index is 0.191. The normalized spacial score (nSPS) is 16.3. The van der Waals surface area contributed by atoms with E-state index in [1.165, 1.54) is 0 Å². The van der Waals surface area contributed by atoms with Gasteiger partial charge in [-0.05, 0) is 62.6 Å². The number of ether oxygens (including phenoxy) is 1. The van der Waals surface area contributed by atoms with E-state index in [2.05, 4.69) is 18.0 Å². The third-order valence-corrected chi connectivity index (χ3v) is 5.25. The van der Waals surface area contributed by atoms with Crippen LogP contribution < -0.4 is 15.0 Å². The zero-order valence-electron chi connectivity index (χ0n) is 17.0. The molecule has 0 saturated heterocycles. The Hall–Kier alpha value is -2.79. The van der Waals surface area contributed by atoms with Gasteiger partial charge in [-0.1, -0.05) is 30.4 Å². The van der Waals surface area contributed by atoms with Crippen molar-refractivity contribution in [2.45, 2.75) is 38.8 Å². The lowest BCUT2D eigenvalue weighted by Gasteiger charge is -2.36. The van der Waals surface area contributed by atoms with E-state index in [0.717, 1.165) is 16.7 Å². The summed E-state index contributed by atoms with van der Waals surface area (Å²) in [4.78, 5) is 14.8. The quantitative estimate of drug-likeness (QED) is 0.814. The van der Waals surface area contributed by atoms with Gasteiger partial charge in [0.05, 0.1) is 24.4 Å². The fourth-order valence-electron chi connectivity index (χ4n) is 3.49. The van der Waals surface area contributed by atoms with Crippen molar-refractivity contribution in [1.29, 1.82) is 0 Å². The molecule has 1 aliphatic rings. The number of carbonyl (C=O) groups is 1. The van der Waals surface area contributed by atoms with Crippen LogP contribution in [0.5, 0.6) is 5.75 Å². The smallest absolute Gasteiger partial charge is 0.322 e. The Kier molecular flexibility index (Phi) is 5.47. The van der Waals surface area contributed by atoms with Gasteiger partial charge in [0, 0.05) is 12.1 Å². The van der Waals surface area contributed by atoms with E-state index in [9.17, 15) is 9.90 Å². The lowest BCUT2D eigenvalue weighted by Crippen LogP contribution is -2.50. The summed E-state index contributed by atoms with van der Waals surface area (Å²) in [6.07, 6.45) is -0.117. The summed E-state index contributed by atoms with van der Waals surface area (Å²) in [6, 6.07) is 13.3. The average molecular weight is 380 g/mol. The van der Waals surface area contributed by atoms with E-state index in [0.29, 0.717) is 30.0 Å². The molecule has 1 heterocycles. The number of aliphatic hydroxyl groups excluding tert-OH is 1. The van der Waals surface area contributed by atoms with Crippen LogP contribution in [0.2, 0.25) is 0 Å². The van der Waals surface area contributed by atoms with Gasteiger partial charge >= 0.3 is 6.03 Å². The zero-order chi connectivity index (χ0) is 20.5. The van der Waals surface area contributed by atoms with E-state index < -0.39 is 11.6 Å². The molecule has 2 amide bonds. The minimum Gasteiger partial charge on any atom is -0.497 e. The SMILES string of the molecule is C=C(C)c1cccc(C(C)(C)NC(=O)N2CCC(O)c3cc(OC)ccc32)c1. The highest BCUT2D eigenvalue weighted by molar-refractivity contribution is 5.94. The number of urea groups is 1. The number of anilines is 1. The van der Waals surface area contributed by atoms with Crippen LogP contribution >= 0.6 is 0 Å². The van der Waals surface area contributed by atoms with Crippen molar-refractivity contribution in [3.63, 3.8) is 0 Å². The summed E-state index contributed by atoms with van der Waals surface area (Å²) in [7, 11) is 1.59. The third kappa shape index (κ3) is 3.90. The maximum atomic E-state index is 13.1. The van der Waals surface area contributed by atoms with Crippen LogP contribution in [-0.2, 0) is 5.54 Å². The van der Waals surface area contributed by atoms with Crippen LogP contribution in [-0.4, -0.2) is 24.8 Å². The molecule has 1 unspecified atom stereocenters. The number of rotatable bonds is 4. The number of aliphatic hydroxyl groups is 1. The Labute approximate surface area is 166 Å². The molecule has 3 rings (SSSR count). The number of allylic oxidation sites excluding steroid dienone is 1. The summed E-state index contributed by atoms with van der Waals surface area (Å²) >= 11 is 0. The number of benzene rings is 2. The van der Waals surface area contributed by atoms with Crippen LogP contribution in [0, 0.1) is 0 Å². The van der Waals surface area contributed by atoms with Crippen LogP contribution in [0.25, 0.3) is 5.57 Å². The van der Waals surface area contributed by atoms with Gasteiger partial charge in [0.2, 0.25) is 0 Å². The molecular weight excluding hydrogens is 352 g/mol. The number of nitrogens with zero attached hydrogens (tertiary/aromatic N) is 1. The number of methoxy groups -OCH3 is 1. The van der Waals surface area contributed by atoms with Gasteiger partial charge in [-0.15, -0.1) is 0 Å². The van der Waals surface area contributed by atoms with Crippen molar-refractivity contribution < 1.29 is 14.6 Å². The number of fused-ring (bicyclic) bond motifs is 1. The third-order valence-electron chi connectivity index (χ3n) is 5.25. The first-order chi connectivity index (χ1) is 13.2. The number of amides is 2. The molecule has 0 bridgehead atoms. The second-order valence-electron chi connectivity index (χ2n) is 7.80. The lowest BCUT2D eigenvalue weighted by atomic mass is 9.91. The van der Waals surface area contributed by atoms with Crippen molar-refractivity contribution in [1.82, 2.24) is 5.32 Å². The summed E-state index contributed by atoms with van der Waals surface area (Å²) in [6.45, 7) is 10.4. The second-order valence-corrected chi connectivity index (χ2v) is 7.80. The first-order valence-electron chi connectivity index (χ1n) is 9.45. The zero-order valence-corrected chi connectivity index (χ0v) is 17.0. The van der Waals surface area contributed by atoms with E-state index >= 15 is 0 Å². The summed E-state index contributed by atoms with van der Waals surface area (Å²) in [5, 5.41) is 13.5. The fraction of sp³-hybridized carbons (Fsp3) is 0.348. The summed E-state index contributed by atoms with van der Waals surface area (Å²) < 4.78 is 5.26. The highest BCUT2D eigenvalue weighted by Gasteiger charge is 2.31. The second kappa shape index (κ2) is 7.68. The molecule has 0 saturated carbocycles. The topological polar surface area (TPSA) is 61.8 Å². The predicted molar refractivity (Wildman–Crippen MR) is 113 cm³/mol. The molecule has 0 aromatic heterocycles. The van der Waals surface area contributed by atoms with E-state index in [1.807, 2.05) is 45.0 Å². The average Bonchev–Trinajstić information content (AvgIpc) is 2.67. The van der Waals surface area contributed by atoms with E-state index in [4.69, 9.17) is 4.74 Å². The van der Waals surface area contributed by atoms with Crippen molar-refractivity contribution in [2.24, 2.45) is 0 Å². The maximum absolute atomic E-state index is 13.1. The number of nitrogens with one attached hydrogen (secondary N) is 1. The first-order valence-corrected chi connectivity index (χ1v) is 9.45. The number of hydrogen-bond acceptors (Lipinski definition) is 3. The fourth-order valence-corrected chi connectivity index (χ4v) is 3.49. The molecule has 2 N–H and O–H groups in total. The van der Waals surface area contributed by atoms with Gasteiger partial charge in [-0.25, -0.2) is 4.79 Å².